The number of aryl methyl sites for hydroxylation is 2. The molecule has 34 heavy (non-hydrogen) atoms. The maximum absolute atomic E-state index is 8.78. The quantitative estimate of drug-likeness (QED) is 0.437. The number of nitrogens with two attached hydrogens (primary N) is 1. The zero-order valence-corrected chi connectivity index (χ0v) is 20.4. The van der Waals surface area contributed by atoms with E-state index in [1.807, 2.05) is 12.4 Å². The fraction of sp³-hybridized carbons (Fsp3) is 0.280. The maximum atomic E-state index is 8.78. The molecule has 2 aromatic carbocycles. The molecular weight excluding hydrogens is 448 g/mol. The number of anilines is 1. The molecule has 1 aliphatic rings. The first-order valence-electron chi connectivity index (χ1n) is 11.1. The SMILES string of the molecule is Cc1ccc(-c2c[nH]c3ncc(-c4ccc(N5CCN(C)CC5)cc4)nc23)cc1C.NS(=O)[O-]. The van der Waals surface area contributed by atoms with Crippen LogP contribution in [0, 0.1) is 13.8 Å². The summed E-state index contributed by atoms with van der Waals surface area (Å²) in [6, 6.07) is 15.3. The van der Waals surface area contributed by atoms with Crippen LogP contribution in [0.3, 0.4) is 0 Å². The van der Waals surface area contributed by atoms with Gasteiger partial charge in [-0.1, -0.05) is 30.3 Å². The Hall–Kier alpha value is -3.11. The highest BCUT2D eigenvalue weighted by atomic mass is 32.2. The Balaban J connectivity index is 0.000000636. The summed E-state index contributed by atoms with van der Waals surface area (Å²) in [5.74, 6) is 0. The molecule has 4 aromatic rings. The fourth-order valence-electron chi connectivity index (χ4n) is 4.07. The Morgan fingerprint density at radius 2 is 1.65 bits per heavy atom. The normalized spacial score (nSPS) is 15.1. The van der Waals surface area contributed by atoms with Gasteiger partial charge in [0.05, 0.1) is 11.9 Å². The predicted molar refractivity (Wildman–Crippen MR) is 137 cm³/mol. The van der Waals surface area contributed by atoms with Gasteiger partial charge in [0.2, 0.25) is 0 Å². The van der Waals surface area contributed by atoms with Crippen molar-refractivity contribution in [2.24, 2.45) is 5.14 Å². The van der Waals surface area contributed by atoms with Gasteiger partial charge >= 0.3 is 0 Å². The molecule has 0 radical (unpaired) electrons. The number of likely N-dealkylation sites (N-methyl/N-ethyl adjacent to an activating group) is 1. The first kappa shape index (κ1) is 24.0. The van der Waals surface area contributed by atoms with E-state index >= 15 is 0 Å². The molecule has 0 bridgehead atoms. The van der Waals surface area contributed by atoms with Crippen molar-refractivity contribution in [3.8, 4) is 22.4 Å². The average Bonchev–Trinajstić information content (AvgIpc) is 3.24. The van der Waals surface area contributed by atoms with Crippen LogP contribution in [-0.2, 0) is 11.3 Å². The molecule has 8 nitrogen and oxygen atoms in total. The van der Waals surface area contributed by atoms with Crippen molar-refractivity contribution in [3.05, 3.63) is 66.0 Å². The lowest BCUT2D eigenvalue weighted by Gasteiger charge is -2.34. The van der Waals surface area contributed by atoms with E-state index in [4.69, 9.17) is 13.7 Å². The third-order valence-corrected chi connectivity index (χ3v) is 6.23. The predicted octanol–water partition coefficient (Wildman–Crippen LogP) is 3.40. The molecule has 1 unspecified atom stereocenters. The van der Waals surface area contributed by atoms with Gasteiger partial charge in [0, 0.05) is 60.5 Å². The van der Waals surface area contributed by atoms with Crippen molar-refractivity contribution in [1.82, 2.24) is 19.9 Å². The summed E-state index contributed by atoms with van der Waals surface area (Å²) in [5, 5.41) is 4.03. The highest BCUT2D eigenvalue weighted by Gasteiger charge is 2.15. The minimum atomic E-state index is -2.36. The molecule has 1 atom stereocenters. The summed E-state index contributed by atoms with van der Waals surface area (Å²) in [7, 11) is 2.18. The number of rotatable bonds is 3. The molecule has 1 saturated heterocycles. The van der Waals surface area contributed by atoms with Gasteiger partial charge in [0.15, 0.2) is 5.65 Å². The molecular formula is C25H29N6O2S-. The molecule has 1 aliphatic heterocycles. The van der Waals surface area contributed by atoms with Crippen LogP contribution in [-0.4, -0.2) is 61.8 Å². The standard InChI is InChI=1S/C25H27N5.H3NO2S/c1-17-4-5-20(14-18(17)2)22-15-26-25-24(22)28-23(16-27-25)19-6-8-21(9-7-19)30-12-10-29(3)11-13-30;1-4(2)3/h4-9,14-16H,10-13H2,1-3H3,(H,26,27);1H2,(H,2,3)/p-1. The largest absolute Gasteiger partial charge is 0.760 e. The summed E-state index contributed by atoms with van der Waals surface area (Å²) in [6.07, 6.45) is 3.86. The second-order valence-corrected chi connectivity index (χ2v) is 9.07. The molecule has 9 heteroatoms. The van der Waals surface area contributed by atoms with Crippen molar-refractivity contribution in [2.45, 2.75) is 13.8 Å². The van der Waals surface area contributed by atoms with Gasteiger partial charge in [0.1, 0.15) is 5.52 Å². The summed E-state index contributed by atoms with van der Waals surface area (Å²) >= 11 is -2.36. The van der Waals surface area contributed by atoms with Crippen molar-refractivity contribution < 1.29 is 8.76 Å². The van der Waals surface area contributed by atoms with Crippen LogP contribution in [0.15, 0.2) is 54.9 Å². The molecule has 0 aliphatic carbocycles. The Morgan fingerprint density at radius 1 is 1.00 bits per heavy atom. The summed E-state index contributed by atoms with van der Waals surface area (Å²) < 4.78 is 17.6. The molecule has 5 rings (SSSR count). The van der Waals surface area contributed by atoms with Crippen molar-refractivity contribution in [3.63, 3.8) is 0 Å². The minimum absolute atomic E-state index is 0.820. The molecule has 3 N–H and O–H groups in total. The zero-order chi connectivity index (χ0) is 24.2. The van der Waals surface area contributed by atoms with E-state index in [0.717, 1.165) is 54.2 Å². The van der Waals surface area contributed by atoms with Gasteiger partial charge in [-0.05, 0) is 49.7 Å². The van der Waals surface area contributed by atoms with E-state index in [1.54, 1.807) is 0 Å². The average molecular weight is 478 g/mol. The van der Waals surface area contributed by atoms with E-state index in [9.17, 15) is 0 Å². The van der Waals surface area contributed by atoms with Gasteiger partial charge in [0.25, 0.3) is 0 Å². The lowest BCUT2D eigenvalue weighted by molar-refractivity contribution is 0.313. The Morgan fingerprint density at radius 3 is 2.29 bits per heavy atom. The van der Waals surface area contributed by atoms with Crippen LogP contribution in [0.5, 0.6) is 0 Å². The second-order valence-electron chi connectivity index (χ2n) is 8.55. The van der Waals surface area contributed by atoms with E-state index < -0.39 is 11.3 Å². The summed E-state index contributed by atoms with van der Waals surface area (Å²) in [5.41, 5.74) is 9.85. The maximum Gasteiger partial charge on any atom is 0.156 e. The highest BCUT2D eigenvalue weighted by molar-refractivity contribution is 7.76. The Labute approximate surface area is 202 Å². The number of hydrogen-bond acceptors (Lipinski definition) is 6. The second kappa shape index (κ2) is 10.4. The third-order valence-electron chi connectivity index (χ3n) is 6.23. The third kappa shape index (κ3) is 5.51. The van der Waals surface area contributed by atoms with Gasteiger partial charge in [-0.3, -0.25) is 9.35 Å². The molecule has 1 fully saturated rings. The number of nitrogens with one attached hydrogen (secondary N) is 1. The monoisotopic (exact) mass is 477 g/mol. The van der Waals surface area contributed by atoms with E-state index in [1.165, 1.54) is 22.4 Å². The summed E-state index contributed by atoms with van der Waals surface area (Å²) in [6.45, 7) is 8.65. The molecule has 178 valence electrons. The first-order valence-corrected chi connectivity index (χ1v) is 12.2. The van der Waals surface area contributed by atoms with Crippen molar-refractivity contribution >= 4 is 28.1 Å². The number of aromatic amines is 1. The van der Waals surface area contributed by atoms with Crippen LogP contribution in [0.1, 0.15) is 11.1 Å². The van der Waals surface area contributed by atoms with Gasteiger partial charge < -0.3 is 19.3 Å². The molecule has 3 heterocycles. The molecule has 0 spiro atoms. The summed E-state index contributed by atoms with van der Waals surface area (Å²) in [4.78, 5) is 17.7. The van der Waals surface area contributed by atoms with E-state index in [-0.39, 0.29) is 0 Å². The molecule has 0 amide bonds. The number of piperazine rings is 1. The Kier molecular flexibility index (Phi) is 7.38. The molecule has 2 aromatic heterocycles. The van der Waals surface area contributed by atoms with E-state index in [0.29, 0.717) is 0 Å². The molecule has 0 saturated carbocycles. The lowest BCUT2D eigenvalue weighted by Crippen LogP contribution is -2.44. The van der Waals surface area contributed by atoms with Crippen LogP contribution < -0.4 is 10.0 Å². The lowest BCUT2D eigenvalue weighted by atomic mass is 10.0. The number of nitrogens with zero attached hydrogens (tertiary/aromatic N) is 4. The Bertz CT molecular complexity index is 1290. The van der Waals surface area contributed by atoms with Gasteiger partial charge in [-0.25, -0.2) is 9.97 Å². The number of aromatic nitrogens is 3. The van der Waals surface area contributed by atoms with Crippen LogP contribution in [0.2, 0.25) is 0 Å². The van der Waals surface area contributed by atoms with Crippen LogP contribution in [0.25, 0.3) is 33.5 Å². The van der Waals surface area contributed by atoms with E-state index in [2.05, 4.69) is 88.3 Å². The highest BCUT2D eigenvalue weighted by Crippen LogP contribution is 2.30. The first-order chi connectivity index (χ1) is 16.3. The van der Waals surface area contributed by atoms with Crippen LogP contribution >= 0.6 is 0 Å². The number of H-pyrrole nitrogens is 1. The fourth-order valence-corrected chi connectivity index (χ4v) is 4.07. The van der Waals surface area contributed by atoms with Crippen molar-refractivity contribution in [1.29, 1.82) is 0 Å². The minimum Gasteiger partial charge on any atom is -0.760 e. The smallest absolute Gasteiger partial charge is 0.156 e. The number of benzene rings is 2. The zero-order valence-electron chi connectivity index (χ0n) is 19.6. The number of fused-ring (bicyclic) bond motifs is 1. The number of hydrogen-bond donors (Lipinski definition) is 2. The van der Waals surface area contributed by atoms with Gasteiger partial charge in [-0.15, -0.1) is 0 Å². The van der Waals surface area contributed by atoms with Crippen LogP contribution in [0.4, 0.5) is 5.69 Å². The topological polar surface area (TPSA) is 114 Å². The van der Waals surface area contributed by atoms with Gasteiger partial charge in [-0.2, -0.15) is 0 Å². The van der Waals surface area contributed by atoms with Crippen molar-refractivity contribution in [2.75, 3.05) is 38.1 Å².